The molecule has 4 aromatic rings. The fourth-order valence-corrected chi connectivity index (χ4v) is 3.56. The molecule has 0 aliphatic carbocycles. The Kier molecular flexibility index (Phi) is 5.63. The maximum atomic E-state index is 13.0. The Labute approximate surface area is 187 Å². The van der Waals surface area contributed by atoms with Gasteiger partial charge in [0, 0.05) is 23.0 Å². The molecule has 0 saturated heterocycles. The highest BCUT2D eigenvalue weighted by Gasteiger charge is 2.31. The van der Waals surface area contributed by atoms with Gasteiger partial charge in [0.05, 0.1) is 23.6 Å². The lowest BCUT2D eigenvalue weighted by Crippen LogP contribution is -2.14. The van der Waals surface area contributed by atoms with Crippen LogP contribution in [0.5, 0.6) is 5.75 Å². The summed E-state index contributed by atoms with van der Waals surface area (Å²) in [5, 5.41) is 3.34. The molecule has 9 heteroatoms. The van der Waals surface area contributed by atoms with E-state index in [1.54, 1.807) is 30.5 Å². The van der Waals surface area contributed by atoms with Gasteiger partial charge in [-0.2, -0.15) is 13.2 Å². The van der Waals surface area contributed by atoms with E-state index in [-0.39, 0.29) is 11.5 Å². The highest BCUT2D eigenvalue weighted by Crippen LogP contribution is 2.38. The lowest BCUT2D eigenvalue weighted by molar-refractivity contribution is -0.137. The number of fused-ring (bicyclic) bond motifs is 1. The van der Waals surface area contributed by atoms with Crippen LogP contribution < -0.4 is 15.8 Å². The first kappa shape index (κ1) is 22.1. The summed E-state index contributed by atoms with van der Waals surface area (Å²) in [5.41, 5.74) is 8.15. The summed E-state index contributed by atoms with van der Waals surface area (Å²) in [6.45, 7) is 1.90. The Balaban J connectivity index is 1.71. The number of ether oxygens (including phenoxy) is 1. The highest BCUT2D eigenvalue weighted by atomic mass is 19.4. The molecule has 0 unspecified atom stereocenters. The van der Waals surface area contributed by atoms with Crippen LogP contribution in [0.15, 0.2) is 60.8 Å². The lowest BCUT2D eigenvalue weighted by atomic mass is 9.97. The molecule has 0 bridgehead atoms. The van der Waals surface area contributed by atoms with E-state index < -0.39 is 17.6 Å². The third-order valence-corrected chi connectivity index (χ3v) is 5.18. The Bertz CT molecular complexity index is 1370. The maximum Gasteiger partial charge on any atom is 0.416 e. The molecule has 0 aliphatic rings. The molecular weight excluding hydrogens is 433 g/mol. The minimum atomic E-state index is -4.53. The third-order valence-electron chi connectivity index (χ3n) is 5.18. The predicted octanol–water partition coefficient (Wildman–Crippen LogP) is 5.47. The summed E-state index contributed by atoms with van der Waals surface area (Å²) in [4.78, 5) is 20.9. The predicted molar refractivity (Wildman–Crippen MR) is 120 cm³/mol. The maximum absolute atomic E-state index is 13.0. The second kappa shape index (κ2) is 8.42. The number of halogens is 3. The molecule has 168 valence electrons. The number of rotatable bonds is 4. The minimum absolute atomic E-state index is 0.0926. The van der Waals surface area contributed by atoms with Crippen LogP contribution >= 0.6 is 0 Å². The van der Waals surface area contributed by atoms with Crippen molar-refractivity contribution in [1.82, 2.24) is 9.97 Å². The highest BCUT2D eigenvalue weighted by molar-refractivity contribution is 6.05. The van der Waals surface area contributed by atoms with Crippen molar-refractivity contribution in [1.29, 1.82) is 0 Å². The fraction of sp³-hybridized carbons (Fsp3) is 0.125. The number of nitrogens with two attached hydrogens (primary N) is 1. The third kappa shape index (κ3) is 4.43. The molecule has 0 aliphatic heterocycles. The van der Waals surface area contributed by atoms with Gasteiger partial charge in [0.2, 0.25) is 5.95 Å². The smallest absolute Gasteiger partial charge is 0.416 e. The van der Waals surface area contributed by atoms with E-state index in [9.17, 15) is 18.0 Å². The number of benzene rings is 3. The molecule has 0 fully saturated rings. The Morgan fingerprint density at radius 3 is 2.58 bits per heavy atom. The van der Waals surface area contributed by atoms with Crippen LogP contribution in [-0.4, -0.2) is 23.0 Å². The van der Waals surface area contributed by atoms with E-state index in [1.165, 1.54) is 19.2 Å². The number of carbonyl (C=O) groups excluding carboxylic acids is 1. The fourth-order valence-electron chi connectivity index (χ4n) is 3.56. The van der Waals surface area contributed by atoms with E-state index in [0.717, 1.165) is 28.8 Å². The average Bonchev–Trinajstić information content (AvgIpc) is 2.79. The van der Waals surface area contributed by atoms with Crippen LogP contribution in [0.25, 0.3) is 22.0 Å². The van der Waals surface area contributed by atoms with Crippen LogP contribution in [0.2, 0.25) is 0 Å². The van der Waals surface area contributed by atoms with Crippen molar-refractivity contribution in [2.24, 2.45) is 0 Å². The van der Waals surface area contributed by atoms with E-state index in [1.807, 2.05) is 13.0 Å². The van der Waals surface area contributed by atoms with Gasteiger partial charge in [-0.25, -0.2) is 9.97 Å². The van der Waals surface area contributed by atoms with Gasteiger partial charge in [-0.3, -0.25) is 4.79 Å². The second-order valence-corrected chi connectivity index (χ2v) is 7.37. The van der Waals surface area contributed by atoms with Crippen LogP contribution in [0, 0.1) is 6.92 Å². The number of alkyl halides is 3. The molecule has 33 heavy (non-hydrogen) atoms. The molecule has 1 heterocycles. The monoisotopic (exact) mass is 452 g/mol. The molecule has 1 aromatic heterocycles. The molecule has 0 spiro atoms. The SMILES string of the molecule is COc1c(-c2cc(NC(=O)c3cccc(C(F)(F)F)c3)ccc2C)ccc2nc(N)ncc12. The Hall–Kier alpha value is -4.14. The first-order valence-electron chi connectivity index (χ1n) is 9.86. The zero-order valence-electron chi connectivity index (χ0n) is 17.7. The summed E-state index contributed by atoms with van der Waals surface area (Å²) >= 11 is 0. The average molecular weight is 452 g/mol. The summed E-state index contributed by atoms with van der Waals surface area (Å²) in [7, 11) is 1.53. The topological polar surface area (TPSA) is 90.1 Å². The van der Waals surface area contributed by atoms with Gasteiger partial charge in [0.15, 0.2) is 0 Å². The lowest BCUT2D eigenvalue weighted by Gasteiger charge is -2.15. The molecule has 3 aromatic carbocycles. The van der Waals surface area contributed by atoms with Crippen LogP contribution in [0.4, 0.5) is 24.8 Å². The number of nitrogens with one attached hydrogen (secondary N) is 1. The van der Waals surface area contributed by atoms with Crippen LogP contribution in [-0.2, 0) is 6.18 Å². The van der Waals surface area contributed by atoms with E-state index in [2.05, 4.69) is 15.3 Å². The van der Waals surface area contributed by atoms with Crippen molar-refractivity contribution in [3.05, 3.63) is 77.5 Å². The number of hydrogen-bond acceptors (Lipinski definition) is 5. The number of aryl methyl sites for hydroxylation is 1. The number of nitrogen functional groups attached to an aromatic ring is 1. The number of methoxy groups -OCH3 is 1. The first-order chi connectivity index (χ1) is 15.7. The van der Waals surface area contributed by atoms with Crippen molar-refractivity contribution in [3.8, 4) is 16.9 Å². The van der Waals surface area contributed by atoms with Crippen molar-refractivity contribution in [2.75, 3.05) is 18.2 Å². The van der Waals surface area contributed by atoms with Gasteiger partial charge in [-0.1, -0.05) is 12.1 Å². The molecule has 6 nitrogen and oxygen atoms in total. The number of aromatic nitrogens is 2. The summed E-state index contributed by atoms with van der Waals surface area (Å²) < 4.78 is 44.6. The number of anilines is 2. The largest absolute Gasteiger partial charge is 0.495 e. The summed E-state index contributed by atoms with van der Waals surface area (Å²) in [6, 6.07) is 13.1. The number of nitrogens with zero attached hydrogens (tertiary/aromatic N) is 2. The van der Waals surface area contributed by atoms with Crippen molar-refractivity contribution in [2.45, 2.75) is 13.1 Å². The zero-order valence-corrected chi connectivity index (χ0v) is 17.7. The number of carbonyl (C=O) groups is 1. The van der Waals surface area contributed by atoms with Gasteiger partial charge in [-0.05, 0) is 60.5 Å². The van der Waals surface area contributed by atoms with Gasteiger partial charge in [0.25, 0.3) is 5.91 Å². The van der Waals surface area contributed by atoms with E-state index >= 15 is 0 Å². The summed E-state index contributed by atoms with van der Waals surface area (Å²) in [5.74, 6) is 0.0370. The molecular formula is C24H19F3N4O2. The molecule has 0 saturated carbocycles. The van der Waals surface area contributed by atoms with Crippen molar-refractivity contribution in [3.63, 3.8) is 0 Å². The van der Waals surface area contributed by atoms with Crippen LogP contribution in [0.1, 0.15) is 21.5 Å². The van der Waals surface area contributed by atoms with Gasteiger partial charge >= 0.3 is 6.18 Å². The van der Waals surface area contributed by atoms with E-state index in [4.69, 9.17) is 10.5 Å². The van der Waals surface area contributed by atoms with Crippen molar-refractivity contribution < 1.29 is 22.7 Å². The zero-order chi connectivity index (χ0) is 23.8. The Morgan fingerprint density at radius 2 is 1.85 bits per heavy atom. The standard InChI is InChI=1S/C24H19F3N4O2/c1-13-6-7-16(30-22(32)14-4-3-5-15(10-14)24(25,26)27)11-18(13)17-8-9-20-19(21(17)33-2)12-29-23(28)31-20/h3-12H,1-2H3,(H,30,32)(H2,28,29,31). The molecule has 0 atom stereocenters. The quantitative estimate of drug-likeness (QED) is 0.429. The molecule has 3 N–H and O–H groups in total. The van der Waals surface area contributed by atoms with Crippen molar-refractivity contribution >= 4 is 28.4 Å². The second-order valence-electron chi connectivity index (χ2n) is 7.37. The Morgan fingerprint density at radius 1 is 1.06 bits per heavy atom. The van der Waals surface area contributed by atoms with Gasteiger partial charge in [-0.15, -0.1) is 0 Å². The minimum Gasteiger partial charge on any atom is -0.495 e. The number of hydrogen-bond donors (Lipinski definition) is 2. The molecule has 0 radical (unpaired) electrons. The van der Waals surface area contributed by atoms with E-state index in [0.29, 0.717) is 22.3 Å². The molecule has 1 amide bonds. The summed E-state index contributed by atoms with van der Waals surface area (Å²) in [6.07, 6.45) is -2.96. The molecule has 4 rings (SSSR count). The first-order valence-corrected chi connectivity index (χ1v) is 9.86. The van der Waals surface area contributed by atoms with Crippen LogP contribution in [0.3, 0.4) is 0 Å². The normalized spacial score (nSPS) is 11.4. The number of amides is 1. The van der Waals surface area contributed by atoms with Gasteiger partial charge < -0.3 is 15.8 Å². The van der Waals surface area contributed by atoms with Gasteiger partial charge in [0.1, 0.15) is 5.75 Å².